The number of carbonyl (C=O) groups excluding carboxylic acids is 1. The Morgan fingerprint density at radius 3 is 2.95 bits per heavy atom. The summed E-state index contributed by atoms with van der Waals surface area (Å²) in [6.45, 7) is 5.95. The average Bonchev–Trinajstić information content (AvgIpc) is 3.05. The summed E-state index contributed by atoms with van der Waals surface area (Å²) in [5.41, 5.74) is 0. The van der Waals surface area contributed by atoms with Gasteiger partial charge in [0.2, 0.25) is 0 Å². The van der Waals surface area contributed by atoms with Crippen LogP contribution >= 0.6 is 11.3 Å². The molecular weight excluding hydrogens is 296 g/mol. The molecule has 0 aliphatic carbocycles. The molecule has 1 fully saturated rings. The van der Waals surface area contributed by atoms with E-state index in [-0.39, 0.29) is 5.91 Å². The standard InChI is InChI=1S/C16H26N4OS/c1-13-6-3-10-20(12-13)16(17-2)19-9-5-8-18-15(21)14-7-4-11-22-14/h4,7,11,13H,3,5-6,8-10,12H2,1-2H3,(H,17,19)(H,18,21). The highest BCUT2D eigenvalue weighted by atomic mass is 32.1. The molecule has 1 aliphatic heterocycles. The largest absolute Gasteiger partial charge is 0.356 e. The van der Waals surface area contributed by atoms with Gasteiger partial charge in [-0.05, 0) is 36.6 Å². The van der Waals surface area contributed by atoms with Gasteiger partial charge in [-0.25, -0.2) is 0 Å². The van der Waals surface area contributed by atoms with E-state index >= 15 is 0 Å². The lowest BCUT2D eigenvalue weighted by Gasteiger charge is -2.33. The molecule has 2 N–H and O–H groups in total. The first-order valence-electron chi connectivity index (χ1n) is 7.98. The second kappa shape index (κ2) is 8.78. The Balaban J connectivity index is 1.63. The summed E-state index contributed by atoms with van der Waals surface area (Å²) in [6.07, 6.45) is 3.43. The maximum absolute atomic E-state index is 11.8. The van der Waals surface area contributed by atoms with E-state index in [4.69, 9.17) is 0 Å². The van der Waals surface area contributed by atoms with Gasteiger partial charge in [-0.15, -0.1) is 11.3 Å². The molecule has 1 aromatic heterocycles. The Morgan fingerprint density at radius 2 is 2.27 bits per heavy atom. The van der Waals surface area contributed by atoms with Gasteiger partial charge in [0.1, 0.15) is 0 Å². The van der Waals surface area contributed by atoms with Gasteiger partial charge in [0, 0.05) is 33.2 Å². The fraction of sp³-hybridized carbons (Fsp3) is 0.625. The first kappa shape index (κ1) is 16.8. The van der Waals surface area contributed by atoms with Crippen molar-refractivity contribution in [1.29, 1.82) is 0 Å². The molecule has 0 radical (unpaired) electrons. The van der Waals surface area contributed by atoms with E-state index in [1.54, 1.807) is 0 Å². The Hall–Kier alpha value is -1.56. The number of nitrogens with zero attached hydrogens (tertiary/aromatic N) is 2. The Kier molecular flexibility index (Phi) is 6.71. The molecule has 0 saturated carbocycles. The van der Waals surface area contributed by atoms with Crippen molar-refractivity contribution >= 4 is 23.2 Å². The van der Waals surface area contributed by atoms with Crippen LogP contribution in [0.2, 0.25) is 0 Å². The lowest BCUT2D eigenvalue weighted by atomic mass is 10.0. The van der Waals surface area contributed by atoms with Gasteiger partial charge < -0.3 is 15.5 Å². The monoisotopic (exact) mass is 322 g/mol. The minimum Gasteiger partial charge on any atom is -0.356 e. The number of nitrogens with one attached hydrogen (secondary N) is 2. The number of likely N-dealkylation sites (tertiary alicyclic amines) is 1. The van der Waals surface area contributed by atoms with Crippen molar-refractivity contribution < 1.29 is 4.79 Å². The number of rotatable bonds is 5. The van der Waals surface area contributed by atoms with Crippen LogP contribution in [0.1, 0.15) is 35.9 Å². The van der Waals surface area contributed by atoms with Gasteiger partial charge in [-0.2, -0.15) is 0 Å². The van der Waals surface area contributed by atoms with Crippen LogP contribution in [0, 0.1) is 5.92 Å². The number of hydrogen-bond acceptors (Lipinski definition) is 3. The third-order valence-corrected chi connectivity index (χ3v) is 4.70. The predicted molar refractivity (Wildman–Crippen MR) is 92.6 cm³/mol. The van der Waals surface area contributed by atoms with Crippen LogP contribution in [0.3, 0.4) is 0 Å². The van der Waals surface area contributed by atoms with Crippen molar-refractivity contribution in [3.63, 3.8) is 0 Å². The van der Waals surface area contributed by atoms with Gasteiger partial charge in [0.15, 0.2) is 5.96 Å². The minimum atomic E-state index is 0.0178. The number of piperidine rings is 1. The van der Waals surface area contributed by atoms with Crippen molar-refractivity contribution in [2.75, 3.05) is 33.2 Å². The molecule has 0 bridgehead atoms. The highest BCUT2D eigenvalue weighted by Gasteiger charge is 2.18. The third kappa shape index (κ3) is 5.02. The van der Waals surface area contributed by atoms with Gasteiger partial charge in [0.05, 0.1) is 4.88 Å². The summed E-state index contributed by atoms with van der Waals surface area (Å²) in [6, 6.07) is 3.74. The van der Waals surface area contributed by atoms with E-state index in [1.165, 1.54) is 24.2 Å². The maximum atomic E-state index is 11.8. The van der Waals surface area contributed by atoms with Crippen LogP contribution < -0.4 is 10.6 Å². The molecule has 122 valence electrons. The van der Waals surface area contributed by atoms with Crippen LogP contribution in [-0.4, -0.2) is 50.0 Å². The van der Waals surface area contributed by atoms with Crippen LogP contribution in [0.15, 0.2) is 22.5 Å². The summed E-state index contributed by atoms with van der Waals surface area (Å²) in [4.78, 5) is 19.3. The van der Waals surface area contributed by atoms with Crippen LogP contribution in [0.5, 0.6) is 0 Å². The zero-order chi connectivity index (χ0) is 15.8. The molecule has 1 amide bonds. The molecule has 5 nitrogen and oxygen atoms in total. The second-order valence-corrected chi connectivity index (χ2v) is 6.70. The Morgan fingerprint density at radius 1 is 1.45 bits per heavy atom. The van der Waals surface area contributed by atoms with Crippen LogP contribution in [0.25, 0.3) is 0 Å². The fourth-order valence-corrected chi connectivity index (χ4v) is 3.34. The molecule has 1 aromatic rings. The number of amides is 1. The first-order chi connectivity index (χ1) is 10.7. The first-order valence-corrected chi connectivity index (χ1v) is 8.86. The van der Waals surface area contributed by atoms with Crippen molar-refractivity contribution in [2.24, 2.45) is 10.9 Å². The lowest BCUT2D eigenvalue weighted by Crippen LogP contribution is -2.46. The zero-order valence-electron chi connectivity index (χ0n) is 13.5. The SMILES string of the molecule is CN=C(NCCCNC(=O)c1cccs1)N1CCCC(C)C1. The molecule has 1 saturated heterocycles. The molecule has 2 rings (SSSR count). The number of guanidine groups is 1. The highest BCUT2D eigenvalue weighted by Crippen LogP contribution is 2.15. The summed E-state index contributed by atoms with van der Waals surface area (Å²) in [5, 5.41) is 8.25. The van der Waals surface area contributed by atoms with Crippen molar-refractivity contribution in [3.8, 4) is 0 Å². The van der Waals surface area contributed by atoms with E-state index < -0.39 is 0 Å². The average molecular weight is 322 g/mol. The summed E-state index contributed by atoms with van der Waals surface area (Å²) < 4.78 is 0. The number of hydrogen-bond donors (Lipinski definition) is 2. The van der Waals surface area contributed by atoms with Gasteiger partial charge in [-0.1, -0.05) is 13.0 Å². The molecule has 1 aliphatic rings. The second-order valence-electron chi connectivity index (χ2n) is 5.75. The molecule has 6 heteroatoms. The molecule has 0 spiro atoms. The summed E-state index contributed by atoms with van der Waals surface area (Å²) in [7, 11) is 1.83. The summed E-state index contributed by atoms with van der Waals surface area (Å²) >= 11 is 1.47. The molecule has 0 aromatic carbocycles. The number of carbonyl (C=O) groups is 1. The van der Waals surface area contributed by atoms with E-state index in [0.717, 1.165) is 42.8 Å². The van der Waals surface area contributed by atoms with Crippen molar-refractivity contribution in [2.45, 2.75) is 26.2 Å². The van der Waals surface area contributed by atoms with Crippen molar-refractivity contribution in [3.05, 3.63) is 22.4 Å². The van der Waals surface area contributed by atoms with Crippen molar-refractivity contribution in [1.82, 2.24) is 15.5 Å². The molecule has 2 heterocycles. The van der Waals surface area contributed by atoms with Gasteiger partial charge in [0.25, 0.3) is 5.91 Å². The van der Waals surface area contributed by atoms with Crippen LogP contribution in [-0.2, 0) is 0 Å². The predicted octanol–water partition coefficient (Wildman–Crippen LogP) is 2.18. The maximum Gasteiger partial charge on any atom is 0.261 e. The molecule has 22 heavy (non-hydrogen) atoms. The highest BCUT2D eigenvalue weighted by molar-refractivity contribution is 7.12. The van der Waals surface area contributed by atoms with Crippen LogP contribution in [0.4, 0.5) is 0 Å². The summed E-state index contributed by atoms with van der Waals surface area (Å²) in [5.74, 6) is 1.73. The zero-order valence-corrected chi connectivity index (χ0v) is 14.3. The molecule has 1 atom stereocenters. The van der Waals surface area contributed by atoms with E-state index in [9.17, 15) is 4.79 Å². The van der Waals surface area contributed by atoms with E-state index in [0.29, 0.717) is 6.54 Å². The van der Waals surface area contributed by atoms with Gasteiger partial charge >= 0.3 is 0 Å². The fourth-order valence-electron chi connectivity index (χ4n) is 2.70. The molecule has 1 unspecified atom stereocenters. The normalized spacial score (nSPS) is 19.1. The lowest BCUT2D eigenvalue weighted by molar-refractivity contribution is 0.0957. The number of aliphatic imine (C=N–C) groups is 1. The minimum absolute atomic E-state index is 0.0178. The Bertz CT molecular complexity index is 486. The third-order valence-electron chi connectivity index (χ3n) is 3.84. The molecular formula is C16H26N4OS. The Labute approximate surface area is 136 Å². The van der Waals surface area contributed by atoms with Gasteiger partial charge in [-0.3, -0.25) is 9.79 Å². The smallest absolute Gasteiger partial charge is 0.261 e. The van der Waals surface area contributed by atoms with E-state index in [2.05, 4.69) is 27.4 Å². The quantitative estimate of drug-likeness (QED) is 0.496. The topological polar surface area (TPSA) is 56.7 Å². The number of thiophene rings is 1. The van der Waals surface area contributed by atoms with E-state index in [1.807, 2.05) is 24.6 Å².